The van der Waals surface area contributed by atoms with Gasteiger partial charge in [0, 0.05) is 28.5 Å². The molecule has 8 aromatic rings. The third kappa shape index (κ3) is 5.61. The van der Waals surface area contributed by atoms with E-state index in [0.29, 0.717) is 29.8 Å². The zero-order chi connectivity index (χ0) is 33.3. The van der Waals surface area contributed by atoms with Crippen LogP contribution in [0.15, 0.2) is 170 Å². The summed E-state index contributed by atoms with van der Waals surface area (Å²) in [6.07, 6.45) is 1.90. The molecular weight excluding hydrogens is 613 g/mol. The SMILES string of the molecule is c1ccc(-c2ccc(-c3nc(-c4ccc(-c5ccccc5)cc4)nc(-c4ccc(-c5cccc6c5-c5ccccc5CO6)cn4)n3)cc2)cc1. The van der Waals surface area contributed by atoms with Gasteiger partial charge in [-0.15, -0.1) is 0 Å². The van der Waals surface area contributed by atoms with Crippen LogP contribution in [0.3, 0.4) is 0 Å². The second kappa shape index (κ2) is 12.7. The smallest absolute Gasteiger partial charge is 0.182 e. The third-order valence-electron chi connectivity index (χ3n) is 9.14. The summed E-state index contributed by atoms with van der Waals surface area (Å²) in [4.78, 5) is 19.8. The van der Waals surface area contributed by atoms with Crippen molar-refractivity contribution in [1.29, 1.82) is 0 Å². The van der Waals surface area contributed by atoms with Crippen molar-refractivity contribution in [1.82, 2.24) is 19.9 Å². The lowest BCUT2D eigenvalue weighted by atomic mass is 9.90. The topological polar surface area (TPSA) is 60.8 Å². The quantitative estimate of drug-likeness (QED) is 0.181. The molecular formula is C45H30N4O. The normalized spacial score (nSPS) is 11.7. The minimum absolute atomic E-state index is 0.514. The molecule has 0 aliphatic carbocycles. The number of hydrogen-bond acceptors (Lipinski definition) is 5. The van der Waals surface area contributed by atoms with Crippen LogP contribution in [-0.2, 0) is 6.61 Å². The van der Waals surface area contributed by atoms with Crippen LogP contribution in [0.5, 0.6) is 5.75 Å². The van der Waals surface area contributed by atoms with Gasteiger partial charge in [0.15, 0.2) is 17.5 Å². The van der Waals surface area contributed by atoms with E-state index in [1.807, 2.05) is 60.8 Å². The fraction of sp³-hybridized carbons (Fsp3) is 0.0222. The van der Waals surface area contributed by atoms with Gasteiger partial charge in [-0.05, 0) is 51.1 Å². The molecule has 5 heteroatoms. The van der Waals surface area contributed by atoms with Gasteiger partial charge in [-0.25, -0.2) is 15.0 Å². The van der Waals surface area contributed by atoms with Crippen LogP contribution in [0.1, 0.15) is 5.56 Å². The molecule has 5 nitrogen and oxygen atoms in total. The molecule has 0 N–H and O–H groups in total. The predicted octanol–water partition coefficient (Wildman–Crippen LogP) is 10.8. The van der Waals surface area contributed by atoms with E-state index in [1.165, 1.54) is 11.1 Å². The summed E-state index contributed by atoms with van der Waals surface area (Å²) in [5.41, 5.74) is 12.6. The molecule has 1 aliphatic rings. The summed E-state index contributed by atoms with van der Waals surface area (Å²) in [5.74, 6) is 2.58. The Labute approximate surface area is 290 Å². The lowest BCUT2D eigenvalue weighted by molar-refractivity contribution is 0.302. The van der Waals surface area contributed by atoms with Crippen molar-refractivity contribution in [2.75, 3.05) is 0 Å². The molecule has 236 valence electrons. The number of ether oxygens (including phenoxy) is 1. The Morgan fingerprint density at radius 3 is 1.48 bits per heavy atom. The fourth-order valence-electron chi connectivity index (χ4n) is 6.53. The first kappa shape index (κ1) is 29.4. The van der Waals surface area contributed by atoms with Crippen LogP contribution in [0.2, 0.25) is 0 Å². The first-order chi connectivity index (χ1) is 24.8. The minimum Gasteiger partial charge on any atom is -0.488 e. The monoisotopic (exact) mass is 642 g/mol. The van der Waals surface area contributed by atoms with Crippen LogP contribution in [0, 0.1) is 0 Å². The van der Waals surface area contributed by atoms with Gasteiger partial charge in [-0.3, -0.25) is 4.98 Å². The molecule has 3 heterocycles. The number of fused-ring (bicyclic) bond motifs is 3. The average molecular weight is 643 g/mol. The molecule has 0 bridgehead atoms. The Morgan fingerprint density at radius 2 is 0.880 bits per heavy atom. The van der Waals surface area contributed by atoms with Crippen molar-refractivity contribution in [3.8, 4) is 84.6 Å². The molecule has 0 atom stereocenters. The maximum absolute atomic E-state index is 6.13. The molecule has 50 heavy (non-hydrogen) atoms. The number of hydrogen-bond donors (Lipinski definition) is 0. The first-order valence-corrected chi connectivity index (χ1v) is 16.7. The lowest BCUT2D eigenvalue weighted by Crippen LogP contribution is -2.06. The van der Waals surface area contributed by atoms with Crippen molar-refractivity contribution in [3.05, 3.63) is 176 Å². The van der Waals surface area contributed by atoms with E-state index in [4.69, 9.17) is 24.7 Å². The van der Waals surface area contributed by atoms with Gasteiger partial charge in [-0.1, -0.05) is 152 Å². The van der Waals surface area contributed by atoms with Crippen LogP contribution >= 0.6 is 0 Å². The van der Waals surface area contributed by atoms with Crippen molar-refractivity contribution in [2.24, 2.45) is 0 Å². The highest BCUT2D eigenvalue weighted by atomic mass is 16.5. The Balaban J connectivity index is 1.11. The summed E-state index contributed by atoms with van der Waals surface area (Å²) in [7, 11) is 0. The highest BCUT2D eigenvalue weighted by Crippen LogP contribution is 2.44. The zero-order valence-corrected chi connectivity index (χ0v) is 27.1. The lowest BCUT2D eigenvalue weighted by Gasteiger charge is -2.23. The van der Waals surface area contributed by atoms with Crippen LogP contribution in [0.4, 0.5) is 0 Å². The van der Waals surface area contributed by atoms with E-state index in [0.717, 1.165) is 55.8 Å². The van der Waals surface area contributed by atoms with Gasteiger partial charge in [0.2, 0.25) is 0 Å². The van der Waals surface area contributed by atoms with Gasteiger partial charge in [-0.2, -0.15) is 0 Å². The van der Waals surface area contributed by atoms with Crippen molar-refractivity contribution >= 4 is 0 Å². The Morgan fingerprint density at radius 1 is 0.380 bits per heavy atom. The van der Waals surface area contributed by atoms with Crippen LogP contribution < -0.4 is 4.74 Å². The van der Waals surface area contributed by atoms with E-state index >= 15 is 0 Å². The molecule has 9 rings (SSSR count). The van der Waals surface area contributed by atoms with Gasteiger partial charge in [0.05, 0.1) is 0 Å². The van der Waals surface area contributed by atoms with Gasteiger partial charge in [0.25, 0.3) is 0 Å². The second-order valence-corrected chi connectivity index (χ2v) is 12.2. The summed E-state index contributed by atoms with van der Waals surface area (Å²) in [6, 6.07) is 56.1. The fourth-order valence-corrected chi connectivity index (χ4v) is 6.53. The van der Waals surface area contributed by atoms with Crippen molar-refractivity contribution < 1.29 is 4.74 Å². The first-order valence-electron chi connectivity index (χ1n) is 16.7. The molecule has 2 aromatic heterocycles. The third-order valence-corrected chi connectivity index (χ3v) is 9.14. The van der Waals surface area contributed by atoms with E-state index in [2.05, 4.69) is 109 Å². The van der Waals surface area contributed by atoms with Crippen LogP contribution in [0.25, 0.3) is 78.8 Å². The Bertz CT molecular complexity index is 2340. The number of benzene rings is 6. The molecule has 0 spiro atoms. The van der Waals surface area contributed by atoms with Crippen molar-refractivity contribution in [2.45, 2.75) is 6.61 Å². The summed E-state index contributed by atoms with van der Waals surface area (Å²) < 4.78 is 6.13. The van der Waals surface area contributed by atoms with Gasteiger partial charge in [0.1, 0.15) is 18.1 Å². The maximum Gasteiger partial charge on any atom is 0.182 e. The maximum atomic E-state index is 6.13. The highest BCUT2D eigenvalue weighted by molar-refractivity contribution is 5.89. The summed E-state index contributed by atoms with van der Waals surface area (Å²) in [5, 5.41) is 0. The van der Waals surface area contributed by atoms with E-state index in [-0.39, 0.29) is 0 Å². The molecule has 1 aliphatic heterocycles. The Hall–Kier alpha value is -6.72. The number of rotatable bonds is 6. The largest absolute Gasteiger partial charge is 0.488 e. The standard InChI is InChI=1S/C45H30N4O/c1-3-10-30(11-4-1)32-18-22-34(23-19-32)43-47-44(35-24-20-33(21-25-35)31-12-5-2-6-13-31)49-45(48-43)40-27-26-36(28-46-40)38-16-9-17-41-42(38)39-15-8-7-14-37(39)29-50-41/h1-28H,29H2. The van der Waals surface area contributed by atoms with Crippen molar-refractivity contribution in [3.63, 3.8) is 0 Å². The predicted molar refractivity (Wildman–Crippen MR) is 200 cm³/mol. The second-order valence-electron chi connectivity index (χ2n) is 12.2. The van der Waals surface area contributed by atoms with E-state index < -0.39 is 0 Å². The molecule has 0 saturated heterocycles. The van der Waals surface area contributed by atoms with Gasteiger partial charge >= 0.3 is 0 Å². The minimum atomic E-state index is 0.514. The van der Waals surface area contributed by atoms with E-state index in [1.54, 1.807) is 0 Å². The Kier molecular flexibility index (Phi) is 7.48. The molecule has 0 amide bonds. The highest BCUT2D eigenvalue weighted by Gasteiger charge is 2.21. The molecule has 0 unspecified atom stereocenters. The van der Waals surface area contributed by atoms with E-state index in [9.17, 15) is 0 Å². The number of aromatic nitrogens is 4. The molecule has 0 saturated carbocycles. The molecule has 0 radical (unpaired) electrons. The van der Waals surface area contributed by atoms with Gasteiger partial charge < -0.3 is 4.74 Å². The van der Waals surface area contributed by atoms with Crippen LogP contribution in [-0.4, -0.2) is 19.9 Å². The molecule has 6 aromatic carbocycles. The molecule has 0 fully saturated rings. The average Bonchev–Trinajstić information content (AvgIpc) is 3.21. The number of nitrogens with zero attached hydrogens (tertiary/aromatic N) is 4. The summed E-state index contributed by atoms with van der Waals surface area (Å²) in [6.45, 7) is 0.567. The summed E-state index contributed by atoms with van der Waals surface area (Å²) >= 11 is 0. The number of pyridine rings is 1. The zero-order valence-electron chi connectivity index (χ0n) is 27.1.